The number of nitrogens with zero attached hydrogens (tertiary/aromatic N) is 1. The number of aromatic hydroxyl groups is 1. The molecule has 2 atom stereocenters. The average Bonchev–Trinajstić information content (AvgIpc) is 3.22. The number of likely N-dealkylation sites (tertiary alicyclic amines) is 1. The lowest BCUT2D eigenvalue weighted by Gasteiger charge is -2.18. The molecule has 5 nitrogen and oxygen atoms in total. The van der Waals surface area contributed by atoms with Crippen molar-refractivity contribution in [2.75, 3.05) is 13.1 Å². The minimum absolute atomic E-state index is 0.0780. The van der Waals surface area contributed by atoms with E-state index in [0.717, 1.165) is 31.1 Å². The summed E-state index contributed by atoms with van der Waals surface area (Å²) in [6, 6.07) is 7.29. The van der Waals surface area contributed by atoms with E-state index in [-0.39, 0.29) is 17.7 Å². The van der Waals surface area contributed by atoms with E-state index in [1.54, 1.807) is 24.3 Å². The minimum atomic E-state index is -0.537. The number of phenols is 1. The average molecular weight is 289 g/mol. The van der Waals surface area contributed by atoms with E-state index in [1.807, 2.05) is 0 Å². The van der Waals surface area contributed by atoms with Gasteiger partial charge in [0.1, 0.15) is 5.75 Å². The molecule has 1 saturated carbocycles. The van der Waals surface area contributed by atoms with Crippen LogP contribution in [0.25, 0.3) is 0 Å². The second kappa shape index (κ2) is 6.03. The third-order valence-electron chi connectivity index (χ3n) is 4.36. The van der Waals surface area contributed by atoms with Gasteiger partial charge in [0.2, 0.25) is 5.91 Å². The van der Waals surface area contributed by atoms with Crippen LogP contribution in [0.5, 0.6) is 5.75 Å². The lowest BCUT2D eigenvalue weighted by atomic mass is 10.1. The lowest BCUT2D eigenvalue weighted by Crippen LogP contribution is -2.47. The van der Waals surface area contributed by atoms with Gasteiger partial charge in [-0.3, -0.25) is 9.69 Å². The van der Waals surface area contributed by atoms with Crippen molar-refractivity contribution in [2.24, 2.45) is 5.73 Å². The van der Waals surface area contributed by atoms with E-state index in [1.165, 1.54) is 12.8 Å². The van der Waals surface area contributed by atoms with Crippen LogP contribution in [0.15, 0.2) is 24.3 Å². The van der Waals surface area contributed by atoms with Gasteiger partial charge in [0.15, 0.2) is 0 Å². The van der Waals surface area contributed by atoms with Crippen molar-refractivity contribution in [1.29, 1.82) is 0 Å². The number of carbonyl (C=O) groups is 1. The van der Waals surface area contributed by atoms with Gasteiger partial charge in [0.05, 0.1) is 6.04 Å². The first-order valence-electron chi connectivity index (χ1n) is 7.70. The predicted octanol–water partition coefficient (Wildman–Crippen LogP) is 0.615. The van der Waals surface area contributed by atoms with Crippen molar-refractivity contribution in [3.05, 3.63) is 29.8 Å². The number of nitrogens with two attached hydrogens (primary N) is 1. The largest absolute Gasteiger partial charge is 0.508 e. The fraction of sp³-hybridized carbons (Fsp3) is 0.562. The third kappa shape index (κ3) is 3.74. The summed E-state index contributed by atoms with van der Waals surface area (Å²) in [5, 5.41) is 12.3. The van der Waals surface area contributed by atoms with Crippen LogP contribution >= 0.6 is 0 Å². The molecule has 2 aliphatic rings. The van der Waals surface area contributed by atoms with Crippen molar-refractivity contribution >= 4 is 5.91 Å². The number of phenolic OH excluding ortho intramolecular Hbond substituents is 1. The molecule has 21 heavy (non-hydrogen) atoms. The van der Waals surface area contributed by atoms with E-state index < -0.39 is 6.04 Å². The van der Waals surface area contributed by atoms with Gasteiger partial charge in [-0.15, -0.1) is 0 Å². The van der Waals surface area contributed by atoms with Crippen molar-refractivity contribution in [2.45, 2.75) is 43.8 Å². The second-order valence-corrected chi connectivity index (χ2v) is 6.20. The summed E-state index contributed by atoms with van der Waals surface area (Å²) < 4.78 is 0. The van der Waals surface area contributed by atoms with Crippen LogP contribution in [-0.2, 0) is 11.2 Å². The Morgan fingerprint density at radius 2 is 2.05 bits per heavy atom. The highest BCUT2D eigenvalue weighted by atomic mass is 16.3. The molecule has 1 aromatic rings. The Morgan fingerprint density at radius 3 is 2.71 bits per heavy atom. The number of hydrogen-bond donors (Lipinski definition) is 3. The number of amides is 1. The first kappa shape index (κ1) is 14.4. The Hall–Kier alpha value is -1.59. The highest BCUT2D eigenvalue weighted by Crippen LogP contribution is 2.29. The molecule has 1 heterocycles. The van der Waals surface area contributed by atoms with Crippen LogP contribution in [0.3, 0.4) is 0 Å². The highest BCUT2D eigenvalue weighted by molar-refractivity contribution is 5.82. The van der Waals surface area contributed by atoms with Crippen molar-refractivity contribution < 1.29 is 9.90 Å². The topological polar surface area (TPSA) is 78.6 Å². The first-order chi connectivity index (χ1) is 10.1. The zero-order valence-corrected chi connectivity index (χ0v) is 12.2. The van der Waals surface area contributed by atoms with Crippen LogP contribution in [0.2, 0.25) is 0 Å². The van der Waals surface area contributed by atoms with Crippen LogP contribution in [0.4, 0.5) is 0 Å². The summed E-state index contributed by atoms with van der Waals surface area (Å²) in [6.07, 6.45) is 4.13. The molecule has 1 aromatic carbocycles. The maximum absolute atomic E-state index is 12.2. The molecule has 0 radical (unpaired) electrons. The molecule has 5 heteroatoms. The quantitative estimate of drug-likeness (QED) is 0.742. The van der Waals surface area contributed by atoms with Gasteiger partial charge in [-0.2, -0.15) is 0 Å². The number of carbonyl (C=O) groups excluding carboxylic acids is 1. The molecule has 3 rings (SSSR count). The Labute approximate surface area is 125 Å². The fourth-order valence-electron chi connectivity index (χ4n) is 2.96. The van der Waals surface area contributed by atoms with E-state index in [0.29, 0.717) is 6.42 Å². The summed E-state index contributed by atoms with van der Waals surface area (Å²) in [4.78, 5) is 14.6. The molecule has 1 aliphatic carbocycles. The zero-order chi connectivity index (χ0) is 14.8. The summed E-state index contributed by atoms with van der Waals surface area (Å²) in [5.74, 6) is 0.147. The molecular weight excluding hydrogens is 266 g/mol. The maximum atomic E-state index is 12.2. The number of nitrogens with one attached hydrogen (secondary N) is 1. The molecule has 1 saturated heterocycles. The minimum Gasteiger partial charge on any atom is -0.508 e. The van der Waals surface area contributed by atoms with Gasteiger partial charge >= 0.3 is 0 Å². The molecule has 1 aliphatic heterocycles. The number of rotatable bonds is 5. The summed E-state index contributed by atoms with van der Waals surface area (Å²) in [7, 11) is 0. The van der Waals surface area contributed by atoms with Crippen molar-refractivity contribution in [3.8, 4) is 5.75 Å². The van der Waals surface area contributed by atoms with Gasteiger partial charge in [0.25, 0.3) is 0 Å². The Kier molecular flexibility index (Phi) is 4.12. The standard InChI is InChI=1S/C16H23N3O2/c17-15(9-11-1-5-14(20)6-2-11)16(21)18-12-7-8-19(10-12)13-3-4-13/h1-2,5-6,12-13,15,20H,3-4,7-10,17H2,(H,18,21). The van der Waals surface area contributed by atoms with Crippen LogP contribution < -0.4 is 11.1 Å². The van der Waals surface area contributed by atoms with Gasteiger partial charge in [-0.1, -0.05) is 12.1 Å². The Bertz CT molecular complexity index is 499. The Balaban J connectivity index is 1.47. The van der Waals surface area contributed by atoms with Gasteiger partial charge in [0, 0.05) is 25.2 Å². The zero-order valence-electron chi connectivity index (χ0n) is 12.2. The SMILES string of the molecule is NC(Cc1ccc(O)cc1)C(=O)NC1CCN(C2CC2)C1. The van der Waals surface area contributed by atoms with E-state index >= 15 is 0 Å². The van der Waals surface area contributed by atoms with Crippen molar-refractivity contribution in [1.82, 2.24) is 10.2 Å². The third-order valence-corrected chi connectivity index (χ3v) is 4.36. The predicted molar refractivity (Wildman–Crippen MR) is 80.9 cm³/mol. The molecule has 0 spiro atoms. The van der Waals surface area contributed by atoms with E-state index in [9.17, 15) is 9.90 Å². The number of hydrogen-bond acceptors (Lipinski definition) is 4. The highest BCUT2D eigenvalue weighted by Gasteiger charge is 2.35. The van der Waals surface area contributed by atoms with Crippen LogP contribution in [-0.4, -0.2) is 47.1 Å². The summed E-state index contributed by atoms with van der Waals surface area (Å²) >= 11 is 0. The van der Waals surface area contributed by atoms with Crippen LogP contribution in [0, 0.1) is 0 Å². The number of benzene rings is 1. The first-order valence-corrected chi connectivity index (χ1v) is 7.70. The van der Waals surface area contributed by atoms with Gasteiger partial charge < -0.3 is 16.2 Å². The second-order valence-electron chi connectivity index (χ2n) is 6.20. The monoisotopic (exact) mass is 289 g/mol. The smallest absolute Gasteiger partial charge is 0.237 e. The van der Waals surface area contributed by atoms with Gasteiger partial charge in [-0.25, -0.2) is 0 Å². The molecular formula is C16H23N3O2. The molecule has 2 unspecified atom stereocenters. The molecule has 114 valence electrons. The van der Waals surface area contributed by atoms with Gasteiger partial charge in [-0.05, 0) is 43.4 Å². The molecule has 4 N–H and O–H groups in total. The molecule has 2 fully saturated rings. The Morgan fingerprint density at radius 1 is 1.33 bits per heavy atom. The lowest BCUT2D eigenvalue weighted by molar-refractivity contribution is -0.123. The van der Waals surface area contributed by atoms with E-state index in [2.05, 4.69) is 10.2 Å². The van der Waals surface area contributed by atoms with E-state index in [4.69, 9.17) is 5.73 Å². The normalized spacial score (nSPS) is 24.0. The molecule has 0 aromatic heterocycles. The summed E-state index contributed by atoms with van der Waals surface area (Å²) in [6.45, 7) is 2.05. The molecule has 0 bridgehead atoms. The van der Waals surface area contributed by atoms with Crippen LogP contribution in [0.1, 0.15) is 24.8 Å². The molecule has 1 amide bonds. The summed E-state index contributed by atoms with van der Waals surface area (Å²) in [5.41, 5.74) is 6.94. The fourth-order valence-corrected chi connectivity index (χ4v) is 2.96. The van der Waals surface area contributed by atoms with Crippen molar-refractivity contribution in [3.63, 3.8) is 0 Å². The maximum Gasteiger partial charge on any atom is 0.237 e.